The largest absolute Gasteiger partial charge is 1.00 e. The van der Waals surface area contributed by atoms with E-state index in [1.54, 1.807) is 24.3 Å². The Labute approximate surface area is 92.8 Å². The van der Waals surface area contributed by atoms with Gasteiger partial charge in [0.1, 0.15) is 12.4 Å². The third-order valence-electron chi connectivity index (χ3n) is 1.17. The van der Waals surface area contributed by atoms with Crippen molar-refractivity contribution in [3.8, 4) is 5.75 Å². The Morgan fingerprint density at radius 1 is 1.38 bits per heavy atom. The molecule has 0 aliphatic carbocycles. The average Bonchev–Trinajstić information content (AvgIpc) is 2.03. The van der Waals surface area contributed by atoms with Crippen LogP contribution >= 0.6 is 11.6 Å². The predicted octanol–water partition coefficient (Wildman–Crippen LogP) is -2.53. The molecule has 0 amide bonds. The second kappa shape index (κ2) is 5.93. The van der Waals surface area contributed by atoms with Crippen LogP contribution in [-0.4, -0.2) is 12.6 Å². The van der Waals surface area contributed by atoms with E-state index in [-0.39, 0.29) is 18.9 Å². The topological polar surface area (TPSA) is 49.4 Å². The fourth-order valence-electron chi connectivity index (χ4n) is 0.673. The molecular weight excluding hydrogens is 186 g/mol. The Morgan fingerprint density at radius 3 is 2.38 bits per heavy atom. The number of rotatable bonds is 3. The molecule has 0 radical (unpaired) electrons. The molecule has 0 fully saturated rings. The Balaban J connectivity index is 0.00000144. The van der Waals surface area contributed by atoms with Crippen molar-refractivity contribution in [3.05, 3.63) is 29.3 Å². The van der Waals surface area contributed by atoms with Gasteiger partial charge in [0.2, 0.25) is 0 Å². The molecule has 0 aromatic heterocycles. The molecule has 0 bridgehead atoms. The molecule has 1 aromatic rings. The zero-order valence-corrected chi connectivity index (χ0v) is 7.88. The summed E-state index contributed by atoms with van der Waals surface area (Å²) in [6.07, 6.45) is 0. The number of ether oxygens (including phenoxy) is 1. The van der Waals surface area contributed by atoms with Gasteiger partial charge in [-0.05, 0) is 24.3 Å². The quantitative estimate of drug-likeness (QED) is 0.497. The molecule has 1 aromatic carbocycles. The maximum Gasteiger partial charge on any atom is 1.00 e. The van der Waals surface area contributed by atoms with E-state index in [2.05, 4.69) is 0 Å². The summed E-state index contributed by atoms with van der Waals surface area (Å²) in [4.78, 5) is 9.98. The minimum absolute atomic E-state index is 0. The molecule has 0 saturated carbocycles. The number of carboxylic acid groups (broad SMARTS) is 1. The van der Waals surface area contributed by atoms with Crippen molar-refractivity contribution >= 4 is 17.6 Å². The van der Waals surface area contributed by atoms with Gasteiger partial charge < -0.3 is 14.6 Å². The summed E-state index contributed by atoms with van der Waals surface area (Å²) in [6.45, 7) is -0.443. The van der Waals surface area contributed by atoms with Crippen LogP contribution in [0.15, 0.2) is 24.3 Å². The van der Waals surface area contributed by atoms with Crippen molar-refractivity contribution < 1.29 is 33.5 Å². The number of hydrogen-bond acceptors (Lipinski definition) is 3. The Hall–Kier alpha value is -0.623. The van der Waals surface area contributed by atoms with Crippen LogP contribution < -0.4 is 28.7 Å². The number of aliphatic carboxylic acids is 1. The van der Waals surface area contributed by atoms with Crippen LogP contribution in [0.5, 0.6) is 5.75 Å². The zero-order valence-electron chi connectivity index (χ0n) is 7.12. The van der Waals surface area contributed by atoms with Gasteiger partial charge in [-0.15, -0.1) is 0 Å². The average molecular weight is 193 g/mol. The molecule has 0 unspecified atom stereocenters. The second-order valence-corrected chi connectivity index (χ2v) is 2.55. The molecule has 64 valence electrons. The summed E-state index contributed by atoms with van der Waals surface area (Å²) in [6, 6.07) is 6.41. The smallest absolute Gasteiger partial charge is 0.546 e. The number of carbonyl (C=O) groups excluding carboxylic acids is 1. The fourth-order valence-corrected chi connectivity index (χ4v) is 0.799. The zero-order chi connectivity index (χ0) is 8.97. The van der Waals surface area contributed by atoms with Gasteiger partial charge in [-0.25, -0.2) is 0 Å². The molecule has 0 atom stereocenters. The third-order valence-corrected chi connectivity index (χ3v) is 1.42. The summed E-state index contributed by atoms with van der Waals surface area (Å²) < 4.78 is 4.80. The molecule has 0 N–H and O–H groups in total. The first kappa shape index (κ1) is 12.4. The summed E-state index contributed by atoms with van der Waals surface area (Å²) in [5.74, 6) is -0.784. The van der Waals surface area contributed by atoms with Crippen molar-refractivity contribution in [2.45, 2.75) is 0 Å². The Morgan fingerprint density at radius 2 is 1.92 bits per heavy atom. The van der Waals surface area contributed by atoms with Crippen LogP contribution in [0.1, 0.15) is 0 Å². The van der Waals surface area contributed by atoms with Crippen molar-refractivity contribution in [2.24, 2.45) is 0 Å². The first-order valence-electron chi connectivity index (χ1n) is 3.26. The standard InChI is InChI=1S/C8H7ClO3.Li/c9-6-1-3-7(4-2-6)12-5-8(10)11;/h1-4H,5H2,(H,10,11);/q;+1/p-1. The molecule has 0 saturated heterocycles. The van der Waals surface area contributed by atoms with Crippen LogP contribution in [-0.2, 0) is 4.79 Å². The Kier molecular flexibility index (Phi) is 5.64. The predicted molar refractivity (Wildman–Crippen MR) is 42.0 cm³/mol. The number of carboxylic acids is 1. The monoisotopic (exact) mass is 192 g/mol. The van der Waals surface area contributed by atoms with Crippen LogP contribution in [0.4, 0.5) is 0 Å². The minimum atomic E-state index is -1.25. The first-order valence-corrected chi connectivity index (χ1v) is 3.64. The van der Waals surface area contributed by atoms with Gasteiger partial charge in [-0.3, -0.25) is 0 Å². The van der Waals surface area contributed by atoms with E-state index >= 15 is 0 Å². The van der Waals surface area contributed by atoms with E-state index in [0.29, 0.717) is 10.8 Å². The van der Waals surface area contributed by atoms with Gasteiger partial charge in [0.05, 0.1) is 5.97 Å². The van der Waals surface area contributed by atoms with Gasteiger partial charge in [0.15, 0.2) is 0 Å². The SMILES string of the molecule is O=C([O-])COc1ccc(Cl)cc1.[Li+]. The summed E-state index contributed by atoms with van der Waals surface area (Å²) in [5, 5.41) is 10.6. The Bertz CT molecular complexity index is 273. The minimum Gasteiger partial charge on any atom is -0.546 e. The first-order chi connectivity index (χ1) is 5.68. The normalized spacial score (nSPS) is 8.69. The third kappa shape index (κ3) is 4.84. The van der Waals surface area contributed by atoms with E-state index in [4.69, 9.17) is 16.3 Å². The molecule has 1 rings (SSSR count). The summed E-state index contributed by atoms with van der Waals surface area (Å²) in [7, 11) is 0. The van der Waals surface area contributed by atoms with Gasteiger partial charge >= 0.3 is 18.9 Å². The second-order valence-electron chi connectivity index (χ2n) is 2.11. The molecular formula is C8H6ClLiO3. The maximum atomic E-state index is 9.98. The van der Waals surface area contributed by atoms with Crippen LogP contribution in [0.2, 0.25) is 5.02 Å². The maximum absolute atomic E-state index is 9.98. The van der Waals surface area contributed by atoms with Gasteiger partial charge in [-0.2, -0.15) is 0 Å². The van der Waals surface area contributed by atoms with E-state index in [0.717, 1.165) is 0 Å². The van der Waals surface area contributed by atoms with Gasteiger partial charge in [0.25, 0.3) is 0 Å². The molecule has 13 heavy (non-hydrogen) atoms. The molecule has 0 spiro atoms. The van der Waals surface area contributed by atoms with Gasteiger partial charge in [0, 0.05) is 5.02 Å². The molecule has 0 aliphatic rings. The van der Waals surface area contributed by atoms with Crippen LogP contribution in [0, 0.1) is 0 Å². The van der Waals surface area contributed by atoms with Crippen LogP contribution in [0.25, 0.3) is 0 Å². The van der Waals surface area contributed by atoms with Crippen molar-refractivity contribution in [1.82, 2.24) is 0 Å². The number of halogens is 1. The fraction of sp³-hybridized carbons (Fsp3) is 0.125. The molecule has 0 aliphatic heterocycles. The summed E-state index contributed by atoms with van der Waals surface area (Å²) >= 11 is 5.59. The molecule has 3 nitrogen and oxygen atoms in total. The van der Waals surface area contributed by atoms with E-state index < -0.39 is 12.6 Å². The molecule has 0 heterocycles. The van der Waals surface area contributed by atoms with Crippen molar-refractivity contribution in [2.75, 3.05) is 6.61 Å². The number of hydrogen-bond donors (Lipinski definition) is 0. The number of benzene rings is 1. The van der Waals surface area contributed by atoms with E-state index in [1.807, 2.05) is 0 Å². The van der Waals surface area contributed by atoms with Crippen LogP contribution in [0.3, 0.4) is 0 Å². The summed E-state index contributed by atoms with van der Waals surface area (Å²) in [5.41, 5.74) is 0. The van der Waals surface area contributed by atoms with Crippen molar-refractivity contribution in [1.29, 1.82) is 0 Å². The molecule has 5 heteroatoms. The van der Waals surface area contributed by atoms with E-state index in [9.17, 15) is 9.90 Å². The van der Waals surface area contributed by atoms with Gasteiger partial charge in [-0.1, -0.05) is 11.6 Å². The van der Waals surface area contributed by atoms with Crippen molar-refractivity contribution in [3.63, 3.8) is 0 Å². The number of carbonyl (C=O) groups is 1. The van der Waals surface area contributed by atoms with E-state index in [1.165, 1.54) is 0 Å².